The van der Waals surface area contributed by atoms with Gasteiger partial charge in [-0.3, -0.25) is 14.5 Å². The predicted molar refractivity (Wildman–Crippen MR) is 241 cm³/mol. The van der Waals surface area contributed by atoms with E-state index >= 15 is 0 Å². The van der Waals surface area contributed by atoms with Gasteiger partial charge in [-0.15, -0.1) is 0 Å². The van der Waals surface area contributed by atoms with Crippen molar-refractivity contribution < 1.29 is 28.8 Å². The summed E-state index contributed by atoms with van der Waals surface area (Å²) in [5, 5.41) is 19.0. The lowest BCUT2D eigenvalue weighted by molar-refractivity contribution is 0.0135. The summed E-state index contributed by atoms with van der Waals surface area (Å²) in [6.45, 7) is 16.7. The Morgan fingerprint density at radius 2 is 1.57 bits per heavy atom. The zero-order chi connectivity index (χ0) is 42.3. The lowest BCUT2D eigenvalue weighted by atomic mass is 9.98. The highest BCUT2D eigenvalue weighted by atomic mass is 16.5. The normalized spacial score (nSPS) is 15.3. The van der Waals surface area contributed by atoms with Crippen LogP contribution in [-0.4, -0.2) is 114 Å². The number of piperazine rings is 1. The number of carboxylic acids is 1. The van der Waals surface area contributed by atoms with E-state index < -0.39 is 5.97 Å². The molecule has 2 fully saturated rings. The zero-order valence-corrected chi connectivity index (χ0v) is 36.1. The van der Waals surface area contributed by atoms with Gasteiger partial charge in [0.05, 0.1) is 50.1 Å². The van der Waals surface area contributed by atoms with E-state index in [4.69, 9.17) is 24.0 Å². The Morgan fingerprint density at radius 1 is 0.836 bits per heavy atom. The van der Waals surface area contributed by atoms with E-state index in [-0.39, 0.29) is 0 Å². The number of hydrogen-bond acceptors (Lipinski definition) is 9. The summed E-state index contributed by atoms with van der Waals surface area (Å²) in [7, 11) is 1.95. The molecule has 2 aliphatic rings. The number of aromatic nitrogens is 3. The standard InChI is InChI=1S/C49H60N6O6/c1-35(2)32-59-34-53-21-24-54(25-22-53)38-17-19-39(20-18-38)61-33-44-46(36(3)50-51(44)4)43-14-8-13-41-42(15-9-29-60-45-16-7-11-37-10-5-6-12-40(37)45)48(49(56)57)55(47(41)43)26-23-52-27-30-58-31-28-52/h5-8,10-14,16-20,35H,9,15,21-34H2,1-4H3,(H,56,57). The van der Waals surface area contributed by atoms with Crippen LogP contribution in [0, 0.1) is 12.8 Å². The van der Waals surface area contributed by atoms with Gasteiger partial charge in [0.15, 0.2) is 0 Å². The van der Waals surface area contributed by atoms with Gasteiger partial charge in [-0.25, -0.2) is 4.79 Å². The van der Waals surface area contributed by atoms with Crippen molar-refractivity contribution in [1.29, 1.82) is 0 Å². The van der Waals surface area contributed by atoms with E-state index in [2.05, 4.69) is 71.0 Å². The summed E-state index contributed by atoms with van der Waals surface area (Å²) < 4.78 is 28.3. The summed E-state index contributed by atoms with van der Waals surface area (Å²) in [6, 6.07) is 28.9. The average Bonchev–Trinajstić information content (AvgIpc) is 3.75. The van der Waals surface area contributed by atoms with Crippen LogP contribution in [0.25, 0.3) is 32.8 Å². The zero-order valence-electron chi connectivity index (χ0n) is 36.1. The highest BCUT2D eigenvalue weighted by Gasteiger charge is 2.28. The molecule has 2 saturated heterocycles. The molecule has 2 aromatic heterocycles. The quantitative estimate of drug-likeness (QED) is 0.0861. The molecule has 4 heterocycles. The molecular formula is C49H60N6O6. The monoisotopic (exact) mass is 828 g/mol. The number of carbonyl (C=O) groups is 1. The number of fused-ring (bicyclic) bond motifs is 2. The van der Waals surface area contributed by atoms with Crippen LogP contribution < -0.4 is 14.4 Å². The topological polar surface area (TPSA) is 107 Å². The van der Waals surface area contributed by atoms with Gasteiger partial charge in [0, 0.05) is 87.0 Å². The second-order valence-electron chi connectivity index (χ2n) is 16.7. The number of anilines is 1. The molecule has 1 N–H and O–H groups in total. The molecule has 322 valence electrons. The summed E-state index contributed by atoms with van der Waals surface area (Å²) in [6.07, 6.45) is 1.21. The van der Waals surface area contributed by atoms with Crippen LogP contribution in [0.4, 0.5) is 5.69 Å². The Labute approximate surface area is 359 Å². The molecule has 0 bridgehead atoms. The van der Waals surface area contributed by atoms with E-state index in [1.54, 1.807) is 0 Å². The van der Waals surface area contributed by atoms with E-state index in [0.29, 0.717) is 70.7 Å². The van der Waals surface area contributed by atoms with Crippen molar-refractivity contribution in [1.82, 2.24) is 24.1 Å². The Bertz CT molecular complexity index is 2400. The lowest BCUT2D eigenvalue weighted by Crippen LogP contribution is -2.47. The lowest BCUT2D eigenvalue weighted by Gasteiger charge is -2.36. The highest BCUT2D eigenvalue weighted by molar-refractivity contribution is 6.04. The third kappa shape index (κ3) is 9.73. The highest BCUT2D eigenvalue weighted by Crippen LogP contribution is 2.39. The minimum absolute atomic E-state index is 0.302. The number of aryl methyl sites for hydroxylation is 3. The van der Waals surface area contributed by atoms with Gasteiger partial charge in [0.25, 0.3) is 0 Å². The SMILES string of the molecule is Cc1nn(C)c(COc2ccc(N3CCN(COCC(C)C)CC3)cc2)c1-c1cccc2c(CCCOc3cccc4ccccc34)c(C(=O)O)n(CCN3CCOCC3)c12. The van der Waals surface area contributed by atoms with Crippen LogP contribution >= 0.6 is 0 Å². The number of aromatic carboxylic acids is 1. The molecule has 0 saturated carbocycles. The second-order valence-corrected chi connectivity index (χ2v) is 16.7. The van der Waals surface area contributed by atoms with Crippen molar-refractivity contribution in [3.05, 3.63) is 108 Å². The maximum absolute atomic E-state index is 13.4. The molecule has 0 amide bonds. The van der Waals surface area contributed by atoms with Gasteiger partial charge in [-0.2, -0.15) is 5.10 Å². The van der Waals surface area contributed by atoms with Crippen LogP contribution in [0.5, 0.6) is 11.5 Å². The number of morpholine rings is 1. The Kier molecular flexibility index (Phi) is 13.5. The summed E-state index contributed by atoms with van der Waals surface area (Å²) in [4.78, 5) is 20.5. The molecule has 0 spiro atoms. The molecule has 12 nitrogen and oxygen atoms in total. The van der Waals surface area contributed by atoms with Crippen molar-refractivity contribution in [2.75, 3.05) is 83.9 Å². The van der Waals surface area contributed by atoms with Crippen molar-refractivity contribution in [3.8, 4) is 22.6 Å². The second kappa shape index (κ2) is 19.5. The Balaban J connectivity index is 1.04. The summed E-state index contributed by atoms with van der Waals surface area (Å²) in [5.74, 6) is 1.23. The minimum Gasteiger partial charge on any atom is -0.493 e. The van der Waals surface area contributed by atoms with Crippen molar-refractivity contribution in [2.45, 2.75) is 46.8 Å². The fraction of sp³-hybridized carbons (Fsp3) is 0.429. The van der Waals surface area contributed by atoms with Gasteiger partial charge < -0.3 is 33.5 Å². The number of benzene rings is 4. The fourth-order valence-electron chi connectivity index (χ4n) is 8.90. The first kappa shape index (κ1) is 42.3. The molecule has 0 radical (unpaired) electrons. The van der Waals surface area contributed by atoms with E-state index in [1.807, 2.05) is 65.7 Å². The summed E-state index contributed by atoms with van der Waals surface area (Å²) in [5.41, 5.74) is 6.96. The maximum Gasteiger partial charge on any atom is 0.352 e. The van der Waals surface area contributed by atoms with Gasteiger partial charge >= 0.3 is 5.97 Å². The molecule has 6 aromatic rings. The van der Waals surface area contributed by atoms with Crippen LogP contribution in [0.1, 0.15) is 47.7 Å². The Morgan fingerprint density at radius 3 is 2.34 bits per heavy atom. The van der Waals surface area contributed by atoms with Crippen LogP contribution in [-0.2, 0) is 36.1 Å². The van der Waals surface area contributed by atoms with Crippen LogP contribution in [0.3, 0.4) is 0 Å². The van der Waals surface area contributed by atoms with E-state index in [1.165, 1.54) is 5.69 Å². The number of nitrogens with zero attached hydrogens (tertiary/aromatic N) is 6. The maximum atomic E-state index is 13.4. The average molecular weight is 829 g/mol. The Hall–Kier alpha value is -5.40. The molecule has 0 unspecified atom stereocenters. The predicted octanol–water partition coefficient (Wildman–Crippen LogP) is 7.88. The van der Waals surface area contributed by atoms with Crippen molar-refractivity contribution >= 4 is 33.3 Å². The molecule has 0 atom stereocenters. The fourth-order valence-corrected chi connectivity index (χ4v) is 8.90. The third-order valence-corrected chi connectivity index (χ3v) is 12.0. The van der Waals surface area contributed by atoms with Gasteiger partial charge in [0.1, 0.15) is 23.8 Å². The van der Waals surface area contributed by atoms with Crippen LogP contribution in [0.15, 0.2) is 84.9 Å². The van der Waals surface area contributed by atoms with Crippen molar-refractivity contribution in [3.63, 3.8) is 0 Å². The minimum atomic E-state index is -0.929. The first-order valence-electron chi connectivity index (χ1n) is 21.8. The molecule has 0 aliphatic carbocycles. The van der Waals surface area contributed by atoms with Gasteiger partial charge in [0.2, 0.25) is 0 Å². The molecule has 12 heteroatoms. The van der Waals surface area contributed by atoms with Gasteiger partial charge in [-0.05, 0) is 67.0 Å². The molecule has 61 heavy (non-hydrogen) atoms. The number of para-hydroxylation sites is 1. The third-order valence-electron chi connectivity index (χ3n) is 12.0. The summed E-state index contributed by atoms with van der Waals surface area (Å²) >= 11 is 0. The first-order chi connectivity index (χ1) is 29.7. The molecule has 2 aliphatic heterocycles. The van der Waals surface area contributed by atoms with Crippen molar-refractivity contribution in [2.24, 2.45) is 13.0 Å². The number of hydrogen-bond donors (Lipinski definition) is 1. The smallest absolute Gasteiger partial charge is 0.352 e. The molecule has 8 rings (SSSR count). The van der Waals surface area contributed by atoms with E-state index in [9.17, 15) is 9.90 Å². The first-order valence-corrected chi connectivity index (χ1v) is 21.8. The number of rotatable bonds is 18. The van der Waals surface area contributed by atoms with Gasteiger partial charge in [-0.1, -0.05) is 68.4 Å². The molecule has 4 aromatic carbocycles. The van der Waals surface area contributed by atoms with E-state index in [0.717, 1.165) is 107 Å². The molecular weight excluding hydrogens is 769 g/mol. The number of carboxylic acid groups (broad SMARTS) is 1. The van der Waals surface area contributed by atoms with Crippen LogP contribution in [0.2, 0.25) is 0 Å². The number of ether oxygens (including phenoxy) is 4. The largest absolute Gasteiger partial charge is 0.493 e.